The van der Waals surface area contributed by atoms with Gasteiger partial charge in [0, 0.05) is 24.2 Å². The molecule has 0 radical (unpaired) electrons. The van der Waals surface area contributed by atoms with Crippen LogP contribution in [-0.2, 0) is 11.3 Å². The number of carboxylic acids is 1. The topological polar surface area (TPSA) is 82.5 Å². The summed E-state index contributed by atoms with van der Waals surface area (Å²) in [6.45, 7) is 3.21. The van der Waals surface area contributed by atoms with E-state index in [1.165, 1.54) is 11.3 Å². The second kappa shape index (κ2) is 6.01. The Bertz CT molecular complexity index is 475. The molecule has 0 aliphatic carbocycles. The van der Waals surface area contributed by atoms with Crippen molar-refractivity contribution in [3.8, 4) is 0 Å². The molecule has 0 saturated carbocycles. The number of urea groups is 1. The number of carboxylic acid groups (broad SMARTS) is 1. The number of amides is 2. The van der Waals surface area contributed by atoms with Crippen molar-refractivity contribution in [2.75, 3.05) is 13.1 Å². The van der Waals surface area contributed by atoms with E-state index in [2.05, 4.69) is 10.3 Å². The highest BCUT2D eigenvalue weighted by Crippen LogP contribution is 2.16. The average molecular weight is 283 g/mol. The van der Waals surface area contributed by atoms with Gasteiger partial charge >= 0.3 is 12.0 Å². The molecule has 1 aliphatic rings. The standard InChI is InChI=1S/C12H17N3O3S/c1-8-7-19-10(14-8)5-13-12(18)15-4-2-3-9(6-15)11(16)17/h7,9H,2-6H2,1H3,(H,13,18)(H,16,17)/t9-/m0/s1. The van der Waals surface area contributed by atoms with Gasteiger partial charge in [0.05, 0.1) is 12.5 Å². The van der Waals surface area contributed by atoms with Crippen LogP contribution in [0.15, 0.2) is 5.38 Å². The van der Waals surface area contributed by atoms with Gasteiger partial charge in [0.1, 0.15) is 5.01 Å². The summed E-state index contributed by atoms with van der Waals surface area (Å²) >= 11 is 1.51. The van der Waals surface area contributed by atoms with Crippen LogP contribution in [-0.4, -0.2) is 40.1 Å². The predicted octanol–water partition coefficient (Wildman–Crippen LogP) is 1.46. The van der Waals surface area contributed by atoms with Crippen LogP contribution >= 0.6 is 11.3 Å². The van der Waals surface area contributed by atoms with Gasteiger partial charge in [-0.05, 0) is 19.8 Å². The number of rotatable bonds is 3. The molecule has 2 rings (SSSR count). The Balaban J connectivity index is 1.84. The fourth-order valence-corrected chi connectivity index (χ4v) is 2.82. The van der Waals surface area contributed by atoms with Crippen molar-refractivity contribution >= 4 is 23.3 Å². The Morgan fingerprint density at radius 1 is 1.63 bits per heavy atom. The van der Waals surface area contributed by atoms with Gasteiger partial charge in [-0.3, -0.25) is 4.79 Å². The van der Waals surface area contributed by atoms with E-state index in [0.29, 0.717) is 19.5 Å². The summed E-state index contributed by atoms with van der Waals surface area (Å²) < 4.78 is 0. The molecule has 7 heteroatoms. The molecule has 1 fully saturated rings. The van der Waals surface area contributed by atoms with E-state index in [1.54, 1.807) is 4.90 Å². The van der Waals surface area contributed by atoms with Crippen LogP contribution in [0.4, 0.5) is 4.79 Å². The number of nitrogens with one attached hydrogen (secondary N) is 1. The zero-order chi connectivity index (χ0) is 13.8. The number of carbonyl (C=O) groups is 2. The molecule has 0 spiro atoms. The quantitative estimate of drug-likeness (QED) is 0.879. The molecule has 19 heavy (non-hydrogen) atoms. The zero-order valence-electron chi connectivity index (χ0n) is 10.8. The summed E-state index contributed by atoms with van der Waals surface area (Å²) in [4.78, 5) is 28.7. The lowest BCUT2D eigenvalue weighted by atomic mass is 9.99. The van der Waals surface area contributed by atoms with Gasteiger partial charge in [-0.2, -0.15) is 0 Å². The van der Waals surface area contributed by atoms with Crippen molar-refractivity contribution in [3.63, 3.8) is 0 Å². The van der Waals surface area contributed by atoms with Crippen molar-refractivity contribution in [1.82, 2.24) is 15.2 Å². The molecule has 1 aromatic rings. The van der Waals surface area contributed by atoms with Gasteiger partial charge in [-0.25, -0.2) is 9.78 Å². The number of hydrogen-bond acceptors (Lipinski definition) is 4. The van der Waals surface area contributed by atoms with Gasteiger partial charge < -0.3 is 15.3 Å². The summed E-state index contributed by atoms with van der Waals surface area (Å²) in [5, 5.41) is 14.6. The number of aryl methyl sites for hydroxylation is 1. The van der Waals surface area contributed by atoms with E-state index in [9.17, 15) is 9.59 Å². The molecule has 2 N–H and O–H groups in total. The molecular weight excluding hydrogens is 266 g/mol. The molecule has 0 aromatic carbocycles. The first-order valence-electron chi connectivity index (χ1n) is 6.23. The number of aromatic nitrogens is 1. The lowest BCUT2D eigenvalue weighted by Gasteiger charge is -2.30. The highest BCUT2D eigenvalue weighted by molar-refractivity contribution is 7.09. The Morgan fingerprint density at radius 2 is 2.42 bits per heavy atom. The van der Waals surface area contributed by atoms with Crippen LogP contribution in [0.3, 0.4) is 0 Å². The van der Waals surface area contributed by atoms with Crippen molar-refractivity contribution in [2.24, 2.45) is 5.92 Å². The summed E-state index contributed by atoms with van der Waals surface area (Å²) in [5.74, 6) is -1.27. The summed E-state index contributed by atoms with van der Waals surface area (Å²) in [5.41, 5.74) is 0.943. The van der Waals surface area contributed by atoms with E-state index < -0.39 is 11.9 Å². The SMILES string of the molecule is Cc1csc(CNC(=O)N2CCC[C@H](C(=O)O)C2)n1. The lowest BCUT2D eigenvalue weighted by Crippen LogP contribution is -2.46. The summed E-state index contributed by atoms with van der Waals surface area (Å²) in [7, 11) is 0. The first kappa shape index (κ1) is 13.8. The molecule has 1 saturated heterocycles. The van der Waals surface area contributed by atoms with Crippen LogP contribution in [0, 0.1) is 12.8 Å². The molecule has 104 valence electrons. The Morgan fingerprint density at radius 3 is 3.05 bits per heavy atom. The van der Waals surface area contributed by atoms with E-state index in [1.807, 2.05) is 12.3 Å². The second-order valence-corrected chi connectivity index (χ2v) is 5.61. The molecule has 1 aromatic heterocycles. The molecule has 0 unspecified atom stereocenters. The number of piperidine rings is 1. The maximum absolute atomic E-state index is 11.9. The first-order valence-corrected chi connectivity index (χ1v) is 7.11. The van der Waals surface area contributed by atoms with E-state index in [-0.39, 0.29) is 12.6 Å². The summed E-state index contributed by atoms with van der Waals surface area (Å²) in [6, 6.07) is -0.209. The smallest absolute Gasteiger partial charge is 0.317 e. The highest BCUT2D eigenvalue weighted by atomic mass is 32.1. The maximum atomic E-state index is 11.9. The van der Waals surface area contributed by atoms with Crippen LogP contribution in [0.5, 0.6) is 0 Å². The van der Waals surface area contributed by atoms with Crippen LogP contribution in [0.1, 0.15) is 23.5 Å². The molecular formula is C12H17N3O3S. The minimum absolute atomic E-state index is 0.209. The van der Waals surface area contributed by atoms with Gasteiger partial charge in [0.25, 0.3) is 0 Å². The van der Waals surface area contributed by atoms with Crippen LogP contribution in [0.2, 0.25) is 0 Å². The van der Waals surface area contributed by atoms with Gasteiger partial charge in [-0.1, -0.05) is 0 Å². The van der Waals surface area contributed by atoms with Crippen molar-refractivity contribution in [2.45, 2.75) is 26.3 Å². The number of likely N-dealkylation sites (tertiary alicyclic amines) is 1. The Labute approximate surface area is 115 Å². The van der Waals surface area contributed by atoms with Crippen LogP contribution < -0.4 is 5.32 Å². The van der Waals surface area contributed by atoms with Gasteiger partial charge in [0.2, 0.25) is 0 Å². The van der Waals surface area contributed by atoms with E-state index >= 15 is 0 Å². The monoisotopic (exact) mass is 283 g/mol. The molecule has 6 nitrogen and oxygen atoms in total. The molecule has 2 amide bonds. The third-order valence-corrected chi connectivity index (χ3v) is 4.08. The maximum Gasteiger partial charge on any atom is 0.317 e. The van der Waals surface area contributed by atoms with Crippen LogP contribution in [0.25, 0.3) is 0 Å². The number of carbonyl (C=O) groups excluding carboxylic acids is 1. The predicted molar refractivity (Wildman–Crippen MR) is 71.0 cm³/mol. The average Bonchev–Trinajstić information content (AvgIpc) is 2.82. The Hall–Kier alpha value is -1.63. The lowest BCUT2D eigenvalue weighted by molar-refractivity contribution is -0.143. The fraction of sp³-hybridized carbons (Fsp3) is 0.583. The van der Waals surface area contributed by atoms with Crippen molar-refractivity contribution < 1.29 is 14.7 Å². The van der Waals surface area contributed by atoms with Crippen molar-refractivity contribution in [1.29, 1.82) is 0 Å². The first-order chi connectivity index (χ1) is 9.06. The number of aliphatic carboxylic acids is 1. The minimum atomic E-state index is -0.826. The largest absolute Gasteiger partial charge is 0.481 e. The normalized spacial score (nSPS) is 19.2. The minimum Gasteiger partial charge on any atom is -0.481 e. The summed E-state index contributed by atoms with van der Waals surface area (Å²) in [6.07, 6.45) is 1.38. The van der Waals surface area contributed by atoms with Crippen molar-refractivity contribution in [3.05, 3.63) is 16.1 Å². The fourth-order valence-electron chi connectivity index (χ4n) is 2.11. The van der Waals surface area contributed by atoms with Gasteiger partial charge in [-0.15, -0.1) is 11.3 Å². The molecule has 1 aliphatic heterocycles. The van der Waals surface area contributed by atoms with Gasteiger partial charge in [0.15, 0.2) is 0 Å². The molecule has 0 bridgehead atoms. The molecule has 2 heterocycles. The number of nitrogens with zero attached hydrogens (tertiary/aromatic N) is 2. The second-order valence-electron chi connectivity index (χ2n) is 4.66. The van der Waals surface area contributed by atoms with E-state index in [0.717, 1.165) is 17.1 Å². The highest BCUT2D eigenvalue weighted by Gasteiger charge is 2.27. The zero-order valence-corrected chi connectivity index (χ0v) is 11.6. The third-order valence-electron chi connectivity index (χ3n) is 3.12. The number of thiazole rings is 1. The molecule has 1 atom stereocenters. The Kier molecular flexibility index (Phi) is 4.36. The van der Waals surface area contributed by atoms with E-state index in [4.69, 9.17) is 5.11 Å². The third kappa shape index (κ3) is 3.66. The number of hydrogen-bond donors (Lipinski definition) is 2.